The first kappa shape index (κ1) is 14.5. The number of benzene rings is 1. The fourth-order valence-corrected chi connectivity index (χ4v) is 3.83. The Hall–Kier alpha value is -1.44. The summed E-state index contributed by atoms with van der Waals surface area (Å²) in [6, 6.07) is 10.2. The average Bonchev–Trinajstić information content (AvgIpc) is 3.18. The molecule has 0 radical (unpaired) electrons. The summed E-state index contributed by atoms with van der Waals surface area (Å²) in [6.45, 7) is 1.66. The minimum atomic E-state index is 0.0377. The Morgan fingerprint density at radius 2 is 2.24 bits per heavy atom. The van der Waals surface area contributed by atoms with Gasteiger partial charge < -0.3 is 10.6 Å². The minimum absolute atomic E-state index is 0.0377. The van der Waals surface area contributed by atoms with Crippen LogP contribution in [0.2, 0.25) is 0 Å². The van der Waals surface area contributed by atoms with E-state index in [4.69, 9.17) is 0 Å². The van der Waals surface area contributed by atoms with Crippen LogP contribution >= 0.6 is 23.1 Å². The summed E-state index contributed by atoms with van der Waals surface area (Å²) < 4.78 is 0.874. The molecular weight excluding hydrogens is 304 g/mol. The van der Waals surface area contributed by atoms with Crippen molar-refractivity contribution in [1.82, 2.24) is 15.5 Å². The fourth-order valence-electron chi connectivity index (χ4n) is 2.12. The molecule has 1 aliphatic heterocycles. The largest absolute Gasteiger partial charge is 0.316 e. The van der Waals surface area contributed by atoms with Gasteiger partial charge in [0.2, 0.25) is 11.0 Å². The highest BCUT2D eigenvalue weighted by atomic mass is 32.2. The fraction of sp³-hybridized carbons (Fsp3) is 0.357. The molecule has 1 atom stereocenters. The highest BCUT2D eigenvalue weighted by molar-refractivity contribution is 8.00. The lowest BCUT2D eigenvalue weighted by molar-refractivity contribution is -0.119. The van der Waals surface area contributed by atoms with Crippen LogP contribution in [0.1, 0.15) is 12.0 Å². The molecule has 1 aromatic carbocycles. The van der Waals surface area contributed by atoms with E-state index in [2.05, 4.69) is 33.0 Å². The number of rotatable bonds is 5. The van der Waals surface area contributed by atoms with Crippen LogP contribution < -0.4 is 10.6 Å². The van der Waals surface area contributed by atoms with Crippen molar-refractivity contribution >= 4 is 34.1 Å². The summed E-state index contributed by atoms with van der Waals surface area (Å²) in [4.78, 5) is 12.0. The number of thioether (sulfide) groups is 1. The number of hydrogen-bond donors (Lipinski definition) is 2. The van der Waals surface area contributed by atoms with Crippen LogP contribution in [0.3, 0.4) is 0 Å². The second-order valence-electron chi connectivity index (χ2n) is 4.83. The van der Waals surface area contributed by atoms with Gasteiger partial charge in [-0.05, 0) is 18.5 Å². The lowest BCUT2D eigenvalue weighted by Crippen LogP contribution is -2.24. The Bertz CT molecular complexity index is 596. The first-order valence-electron chi connectivity index (χ1n) is 6.83. The van der Waals surface area contributed by atoms with Gasteiger partial charge in [-0.1, -0.05) is 53.4 Å². The third kappa shape index (κ3) is 4.03. The molecule has 0 aliphatic carbocycles. The highest BCUT2D eigenvalue weighted by Gasteiger charge is 2.23. The summed E-state index contributed by atoms with van der Waals surface area (Å²) >= 11 is 3.06. The van der Waals surface area contributed by atoms with Gasteiger partial charge in [0.1, 0.15) is 0 Å². The van der Waals surface area contributed by atoms with E-state index in [1.54, 1.807) is 11.8 Å². The van der Waals surface area contributed by atoms with E-state index in [-0.39, 0.29) is 11.8 Å². The molecular formula is C14H16N4OS2. The van der Waals surface area contributed by atoms with Gasteiger partial charge in [-0.25, -0.2) is 0 Å². The van der Waals surface area contributed by atoms with E-state index >= 15 is 0 Å². The number of amides is 1. The summed E-state index contributed by atoms with van der Waals surface area (Å²) in [7, 11) is 0. The number of nitrogens with zero attached hydrogens (tertiary/aromatic N) is 2. The Morgan fingerprint density at radius 1 is 1.38 bits per heavy atom. The Balaban J connectivity index is 1.52. The van der Waals surface area contributed by atoms with Crippen LogP contribution in [0.25, 0.3) is 0 Å². The quantitative estimate of drug-likeness (QED) is 0.654. The van der Waals surface area contributed by atoms with Crippen LogP contribution in [0.15, 0.2) is 34.7 Å². The van der Waals surface area contributed by atoms with Crippen LogP contribution in [-0.2, 0) is 10.5 Å². The molecule has 1 aromatic heterocycles. The van der Waals surface area contributed by atoms with Crippen molar-refractivity contribution in [1.29, 1.82) is 0 Å². The summed E-state index contributed by atoms with van der Waals surface area (Å²) in [6.07, 6.45) is 0.889. The zero-order valence-electron chi connectivity index (χ0n) is 11.4. The topological polar surface area (TPSA) is 66.9 Å². The average molecular weight is 320 g/mol. The van der Waals surface area contributed by atoms with Crippen LogP contribution in [-0.4, -0.2) is 29.2 Å². The van der Waals surface area contributed by atoms with E-state index in [0.717, 1.165) is 29.6 Å². The predicted molar refractivity (Wildman–Crippen MR) is 85.5 cm³/mol. The number of carbonyl (C=O) groups excluding carboxylic acids is 1. The number of hydrogen-bond acceptors (Lipinski definition) is 6. The molecule has 3 rings (SSSR count). The second-order valence-corrected chi connectivity index (χ2v) is 7.03. The van der Waals surface area contributed by atoms with Gasteiger partial charge in [-0.3, -0.25) is 4.79 Å². The molecule has 0 spiro atoms. The molecule has 1 saturated heterocycles. The maximum Gasteiger partial charge on any atom is 0.230 e. The molecule has 0 saturated carbocycles. The molecule has 0 bridgehead atoms. The molecule has 110 valence electrons. The molecule has 7 heteroatoms. The molecule has 2 aromatic rings. The van der Waals surface area contributed by atoms with Crippen molar-refractivity contribution < 1.29 is 4.79 Å². The third-order valence-corrected chi connectivity index (χ3v) is 5.32. The highest BCUT2D eigenvalue weighted by Crippen LogP contribution is 2.28. The van der Waals surface area contributed by atoms with Crippen molar-refractivity contribution in [3.05, 3.63) is 35.9 Å². The molecule has 1 amide bonds. The molecule has 1 unspecified atom stereocenters. The van der Waals surface area contributed by atoms with Gasteiger partial charge in [-0.2, -0.15) is 0 Å². The molecule has 1 aliphatic rings. The predicted octanol–water partition coefficient (Wildman–Crippen LogP) is 2.38. The summed E-state index contributed by atoms with van der Waals surface area (Å²) in [5.41, 5.74) is 1.25. The van der Waals surface area contributed by atoms with Crippen molar-refractivity contribution in [2.24, 2.45) is 5.92 Å². The number of nitrogens with one attached hydrogen (secondary N) is 2. The SMILES string of the molecule is O=C(Nc1nnc(SCc2ccccc2)s1)C1CCNC1. The first-order chi connectivity index (χ1) is 10.3. The number of anilines is 1. The van der Waals surface area contributed by atoms with Crippen LogP contribution in [0, 0.1) is 5.92 Å². The third-order valence-electron chi connectivity index (χ3n) is 3.27. The second kappa shape index (κ2) is 7.02. The molecule has 2 heterocycles. The van der Waals surface area contributed by atoms with E-state index in [1.165, 1.54) is 16.9 Å². The Morgan fingerprint density at radius 3 is 3.00 bits per heavy atom. The van der Waals surface area contributed by atoms with Gasteiger partial charge in [-0.15, -0.1) is 10.2 Å². The van der Waals surface area contributed by atoms with Gasteiger partial charge in [0.15, 0.2) is 4.34 Å². The smallest absolute Gasteiger partial charge is 0.230 e. The maximum atomic E-state index is 12.0. The number of aromatic nitrogens is 2. The Kier molecular flexibility index (Phi) is 4.84. The molecule has 21 heavy (non-hydrogen) atoms. The van der Waals surface area contributed by atoms with Gasteiger partial charge >= 0.3 is 0 Å². The molecule has 5 nitrogen and oxygen atoms in total. The first-order valence-corrected chi connectivity index (χ1v) is 8.63. The molecule has 1 fully saturated rings. The van der Waals surface area contributed by atoms with Crippen molar-refractivity contribution in [3.8, 4) is 0 Å². The Labute approximate surface area is 131 Å². The van der Waals surface area contributed by atoms with E-state index in [9.17, 15) is 4.79 Å². The minimum Gasteiger partial charge on any atom is -0.316 e. The lowest BCUT2D eigenvalue weighted by Gasteiger charge is -2.06. The van der Waals surface area contributed by atoms with Gasteiger partial charge in [0, 0.05) is 12.3 Å². The normalized spacial score (nSPS) is 17.8. The van der Waals surface area contributed by atoms with E-state index in [0.29, 0.717) is 5.13 Å². The van der Waals surface area contributed by atoms with Crippen molar-refractivity contribution in [2.75, 3.05) is 18.4 Å². The molecule has 2 N–H and O–H groups in total. The van der Waals surface area contributed by atoms with Gasteiger partial charge in [0.05, 0.1) is 5.92 Å². The van der Waals surface area contributed by atoms with Crippen LogP contribution in [0.5, 0.6) is 0 Å². The maximum absolute atomic E-state index is 12.0. The van der Waals surface area contributed by atoms with Crippen molar-refractivity contribution in [3.63, 3.8) is 0 Å². The zero-order valence-corrected chi connectivity index (χ0v) is 13.0. The standard InChI is InChI=1S/C14H16N4OS2/c19-12(11-6-7-15-8-11)16-13-17-18-14(21-13)20-9-10-4-2-1-3-5-10/h1-5,11,15H,6-9H2,(H,16,17,19). The van der Waals surface area contributed by atoms with Crippen LogP contribution in [0.4, 0.5) is 5.13 Å². The lowest BCUT2D eigenvalue weighted by atomic mass is 10.1. The van der Waals surface area contributed by atoms with Gasteiger partial charge in [0.25, 0.3) is 0 Å². The number of carbonyl (C=O) groups is 1. The zero-order chi connectivity index (χ0) is 14.5. The summed E-state index contributed by atoms with van der Waals surface area (Å²) in [5, 5.41) is 14.8. The van der Waals surface area contributed by atoms with E-state index < -0.39 is 0 Å². The monoisotopic (exact) mass is 320 g/mol. The van der Waals surface area contributed by atoms with E-state index in [1.807, 2.05) is 18.2 Å². The van der Waals surface area contributed by atoms with Crippen molar-refractivity contribution in [2.45, 2.75) is 16.5 Å². The summed E-state index contributed by atoms with van der Waals surface area (Å²) in [5.74, 6) is 0.945.